The van der Waals surface area contributed by atoms with Gasteiger partial charge in [0.05, 0.1) is 5.41 Å². The summed E-state index contributed by atoms with van der Waals surface area (Å²) in [7, 11) is -3.46. The largest absolute Gasteiger partial charge is 0.280 e. The van der Waals surface area contributed by atoms with Gasteiger partial charge in [0, 0.05) is 5.69 Å². The molecule has 0 aliphatic heterocycles. The minimum atomic E-state index is -3.46. The van der Waals surface area contributed by atoms with E-state index in [9.17, 15) is 8.42 Å². The maximum Gasteiger partial charge on any atom is 0.255 e. The summed E-state index contributed by atoms with van der Waals surface area (Å²) >= 11 is 0. The Hall–Kier alpha value is -2.07. The first kappa shape index (κ1) is 12.4. The molecular formula is C14H13NO2S. The summed E-state index contributed by atoms with van der Waals surface area (Å²) < 4.78 is 26.0. The summed E-state index contributed by atoms with van der Waals surface area (Å²) in [6.07, 6.45) is 1.56. The van der Waals surface area contributed by atoms with Crippen LogP contribution < -0.4 is 4.72 Å². The van der Waals surface area contributed by atoms with E-state index in [1.54, 1.807) is 30.3 Å². The minimum Gasteiger partial charge on any atom is -0.280 e. The highest BCUT2D eigenvalue weighted by molar-refractivity contribution is 7.95. The number of para-hydroxylation sites is 1. The van der Waals surface area contributed by atoms with Crippen LogP contribution >= 0.6 is 0 Å². The number of rotatable bonds is 4. The molecule has 0 saturated carbocycles. The van der Waals surface area contributed by atoms with Gasteiger partial charge >= 0.3 is 0 Å². The number of sulfonamides is 1. The summed E-state index contributed by atoms with van der Waals surface area (Å²) in [6.45, 7) is 0. The molecule has 0 amide bonds. The second-order valence-electron chi connectivity index (χ2n) is 3.73. The molecule has 18 heavy (non-hydrogen) atoms. The Morgan fingerprint density at radius 3 is 2.00 bits per heavy atom. The van der Waals surface area contributed by atoms with E-state index in [0.717, 1.165) is 11.0 Å². The van der Waals surface area contributed by atoms with Crippen LogP contribution in [-0.2, 0) is 10.0 Å². The normalized spacial score (nSPS) is 11.6. The Morgan fingerprint density at radius 2 is 1.39 bits per heavy atom. The van der Waals surface area contributed by atoms with Crippen LogP contribution in [0.2, 0.25) is 0 Å². The topological polar surface area (TPSA) is 46.2 Å². The van der Waals surface area contributed by atoms with Gasteiger partial charge in [-0.25, -0.2) is 8.42 Å². The molecule has 0 bridgehead atoms. The maximum atomic E-state index is 11.8. The lowest BCUT2D eigenvalue weighted by Gasteiger charge is -2.03. The Labute approximate surface area is 107 Å². The predicted octanol–water partition coefficient (Wildman–Crippen LogP) is 3.10. The van der Waals surface area contributed by atoms with Crippen LogP contribution in [0.5, 0.6) is 0 Å². The van der Waals surface area contributed by atoms with E-state index in [1.807, 2.05) is 36.4 Å². The lowest BCUT2D eigenvalue weighted by Crippen LogP contribution is -2.08. The lowest BCUT2D eigenvalue weighted by atomic mass is 10.2. The fraction of sp³-hybridized carbons (Fsp3) is 0. The molecule has 2 aromatic carbocycles. The highest BCUT2D eigenvalue weighted by atomic mass is 32.2. The van der Waals surface area contributed by atoms with Crippen molar-refractivity contribution >= 4 is 21.8 Å². The molecule has 0 fully saturated rings. The second kappa shape index (κ2) is 5.51. The molecule has 1 N–H and O–H groups in total. The molecule has 0 radical (unpaired) electrons. The average molecular weight is 259 g/mol. The minimum absolute atomic E-state index is 0.551. The summed E-state index contributed by atoms with van der Waals surface area (Å²) in [4.78, 5) is 0. The summed E-state index contributed by atoms with van der Waals surface area (Å²) in [6, 6.07) is 18.1. The molecular weight excluding hydrogens is 246 g/mol. The van der Waals surface area contributed by atoms with E-state index in [1.165, 1.54) is 0 Å². The van der Waals surface area contributed by atoms with E-state index in [0.29, 0.717) is 5.69 Å². The first-order chi connectivity index (χ1) is 8.66. The number of hydrogen-bond donors (Lipinski definition) is 1. The number of nitrogens with one attached hydrogen (secondary N) is 1. The van der Waals surface area contributed by atoms with Crippen LogP contribution in [0.15, 0.2) is 66.1 Å². The second-order valence-corrected chi connectivity index (χ2v) is 5.29. The van der Waals surface area contributed by atoms with Gasteiger partial charge in [-0.2, -0.15) is 0 Å². The van der Waals surface area contributed by atoms with Gasteiger partial charge in [0.1, 0.15) is 0 Å². The first-order valence-electron chi connectivity index (χ1n) is 5.47. The Bertz CT molecular complexity index is 619. The van der Waals surface area contributed by atoms with Crippen molar-refractivity contribution in [2.75, 3.05) is 4.72 Å². The van der Waals surface area contributed by atoms with Crippen LogP contribution in [0.1, 0.15) is 5.56 Å². The highest BCUT2D eigenvalue weighted by Crippen LogP contribution is 2.10. The molecule has 2 rings (SSSR count). The highest BCUT2D eigenvalue weighted by Gasteiger charge is 2.04. The van der Waals surface area contributed by atoms with Crippen LogP contribution in [0.25, 0.3) is 6.08 Å². The van der Waals surface area contributed by atoms with Gasteiger partial charge in [0.2, 0.25) is 0 Å². The third kappa shape index (κ3) is 3.75. The number of benzene rings is 2. The molecule has 0 spiro atoms. The molecule has 0 aliphatic rings. The van der Waals surface area contributed by atoms with Crippen molar-refractivity contribution in [3.05, 3.63) is 71.6 Å². The van der Waals surface area contributed by atoms with Gasteiger partial charge in [-0.15, -0.1) is 0 Å². The first-order valence-corrected chi connectivity index (χ1v) is 7.01. The zero-order chi connectivity index (χ0) is 12.8. The smallest absolute Gasteiger partial charge is 0.255 e. The van der Waals surface area contributed by atoms with E-state index >= 15 is 0 Å². The van der Waals surface area contributed by atoms with Crippen LogP contribution in [0.3, 0.4) is 0 Å². The van der Waals surface area contributed by atoms with E-state index in [4.69, 9.17) is 0 Å². The van der Waals surface area contributed by atoms with Crippen LogP contribution in [-0.4, -0.2) is 8.42 Å². The predicted molar refractivity (Wildman–Crippen MR) is 74.5 cm³/mol. The molecule has 0 aliphatic carbocycles. The van der Waals surface area contributed by atoms with Crippen molar-refractivity contribution in [1.29, 1.82) is 0 Å². The third-order valence-electron chi connectivity index (χ3n) is 2.27. The molecule has 3 nitrogen and oxygen atoms in total. The summed E-state index contributed by atoms with van der Waals surface area (Å²) in [5.74, 6) is 0. The Morgan fingerprint density at radius 1 is 0.833 bits per heavy atom. The zero-order valence-corrected chi connectivity index (χ0v) is 10.5. The molecule has 2 aromatic rings. The molecule has 0 atom stereocenters. The van der Waals surface area contributed by atoms with E-state index < -0.39 is 10.0 Å². The standard InChI is InChI=1S/C14H13NO2S/c16-18(17,15-14-9-5-2-6-10-14)12-11-13-7-3-1-4-8-13/h1-12,15H. The van der Waals surface area contributed by atoms with Crippen molar-refractivity contribution in [3.8, 4) is 0 Å². The van der Waals surface area contributed by atoms with Crippen LogP contribution in [0.4, 0.5) is 5.69 Å². The quantitative estimate of drug-likeness (QED) is 0.917. The monoisotopic (exact) mass is 259 g/mol. The number of hydrogen-bond acceptors (Lipinski definition) is 2. The lowest BCUT2D eigenvalue weighted by molar-refractivity contribution is 0.609. The van der Waals surface area contributed by atoms with Gasteiger partial charge < -0.3 is 0 Å². The van der Waals surface area contributed by atoms with Crippen molar-refractivity contribution in [2.24, 2.45) is 0 Å². The SMILES string of the molecule is O=S(=O)(C=Cc1ccccc1)Nc1ccccc1. The van der Waals surface area contributed by atoms with Gasteiger partial charge in [-0.1, -0.05) is 48.5 Å². The molecule has 0 aromatic heterocycles. The third-order valence-corrected chi connectivity index (χ3v) is 3.29. The molecule has 4 heteroatoms. The summed E-state index contributed by atoms with van der Waals surface area (Å²) in [5.41, 5.74) is 1.39. The molecule has 0 saturated heterocycles. The summed E-state index contributed by atoms with van der Waals surface area (Å²) in [5, 5.41) is 1.16. The molecule has 0 heterocycles. The van der Waals surface area contributed by atoms with E-state index in [-0.39, 0.29) is 0 Å². The Kier molecular flexibility index (Phi) is 3.79. The zero-order valence-electron chi connectivity index (χ0n) is 9.65. The Balaban J connectivity index is 2.11. The average Bonchev–Trinajstić information content (AvgIpc) is 2.38. The van der Waals surface area contributed by atoms with Crippen LogP contribution in [0, 0.1) is 0 Å². The van der Waals surface area contributed by atoms with Gasteiger partial charge in [0.25, 0.3) is 10.0 Å². The maximum absolute atomic E-state index is 11.8. The van der Waals surface area contributed by atoms with Gasteiger partial charge in [0.15, 0.2) is 0 Å². The fourth-order valence-corrected chi connectivity index (χ4v) is 2.31. The van der Waals surface area contributed by atoms with Gasteiger partial charge in [-0.3, -0.25) is 4.72 Å². The van der Waals surface area contributed by atoms with Gasteiger partial charge in [-0.05, 0) is 23.8 Å². The van der Waals surface area contributed by atoms with Crippen molar-refractivity contribution < 1.29 is 8.42 Å². The van der Waals surface area contributed by atoms with Crippen molar-refractivity contribution in [2.45, 2.75) is 0 Å². The number of anilines is 1. The van der Waals surface area contributed by atoms with Crippen molar-refractivity contribution in [1.82, 2.24) is 0 Å². The van der Waals surface area contributed by atoms with Crippen molar-refractivity contribution in [3.63, 3.8) is 0 Å². The molecule has 0 unspecified atom stereocenters. The molecule has 92 valence electrons. The van der Waals surface area contributed by atoms with E-state index in [2.05, 4.69) is 4.72 Å². The fourth-order valence-electron chi connectivity index (χ4n) is 1.44.